The molecule has 3 N–H and O–H groups in total. The SMILES string of the molecule is CC1=C(CCC(=O)O)c2cc3nc(cc4[nH]c(cc5[nH]c(cc1n2)c(C)c5C(C)OCCn1c([N+](=O)[O-])cnc1C)c(C)c4C(C)OCCn1c([N+](=O)[O-])cnc1C)C(C)=C3CCC(=O)OCCn1c([N+](=O)[O-])cnc1C. The van der Waals surface area contributed by atoms with Gasteiger partial charge in [0.25, 0.3) is 0 Å². The van der Waals surface area contributed by atoms with Crippen LogP contribution in [0, 0.1) is 65.0 Å². The molecule has 0 amide bonds. The second-order valence-electron chi connectivity index (χ2n) is 18.9. The monoisotopic (exact) mass is 1060 g/mol. The van der Waals surface area contributed by atoms with Gasteiger partial charge in [-0.2, -0.15) is 0 Å². The van der Waals surface area contributed by atoms with Gasteiger partial charge in [-0.05, 0) is 127 Å². The number of imidazole rings is 3. The zero-order chi connectivity index (χ0) is 55.6. The fourth-order valence-electron chi connectivity index (χ4n) is 10.0. The Balaban J connectivity index is 1.25. The lowest BCUT2D eigenvalue weighted by molar-refractivity contribution is -0.392. The third kappa shape index (κ3) is 11.4. The number of nitro groups is 3. The molecule has 6 aromatic heterocycles. The predicted octanol–water partition coefficient (Wildman–Crippen LogP) is 9.48. The van der Waals surface area contributed by atoms with Gasteiger partial charge in [-0.25, -0.2) is 38.6 Å². The lowest BCUT2D eigenvalue weighted by atomic mass is 9.98. The Labute approximate surface area is 440 Å². The number of H-pyrrole nitrogens is 2. The Morgan fingerprint density at radius 3 is 1.39 bits per heavy atom. The number of rotatable bonds is 22. The van der Waals surface area contributed by atoms with E-state index in [9.17, 15) is 45.0 Å². The fraction of sp³-hybridized carbons (Fsp3) is 0.404. The van der Waals surface area contributed by atoms with Gasteiger partial charge in [-0.3, -0.25) is 9.59 Å². The quantitative estimate of drug-likeness (QED) is 0.0323. The number of aryl methyl sites for hydroxylation is 5. The van der Waals surface area contributed by atoms with Crippen LogP contribution in [0.4, 0.5) is 17.5 Å². The number of fused-ring (bicyclic) bond motifs is 8. The summed E-state index contributed by atoms with van der Waals surface area (Å²) in [5, 5.41) is 45.0. The molecule has 8 bridgehead atoms. The summed E-state index contributed by atoms with van der Waals surface area (Å²) in [6.45, 7) is 17.0. The minimum Gasteiger partial charge on any atom is -0.481 e. The Bertz CT molecular complexity index is 3590. The molecule has 6 aromatic rings. The summed E-state index contributed by atoms with van der Waals surface area (Å²) in [6.07, 6.45) is 2.58. The summed E-state index contributed by atoms with van der Waals surface area (Å²) in [5.41, 5.74) is 11.0. The summed E-state index contributed by atoms with van der Waals surface area (Å²) in [5.74, 6) is -0.688. The highest BCUT2D eigenvalue weighted by Crippen LogP contribution is 2.40. The van der Waals surface area contributed by atoms with E-state index in [4.69, 9.17) is 24.2 Å². The number of carbonyl (C=O) groups is 2. The average Bonchev–Trinajstić information content (AvgIpc) is 4.25. The van der Waals surface area contributed by atoms with E-state index in [1.165, 1.54) is 26.1 Å². The molecule has 0 aliphatic carbocycles. The van der Waals surface area contributed by atoms with Crippen molar-refractivity contribution in [2.75, 3.05) is 19.8 Å². The van der Waals surface area contributed by atoms with Crippen LogP contribution in [0.3, 0.4) is 0 Å². The standard InChI is InChI=1S/C52H59N13O12/c1-27-36(10-12-49(66)67)42-23-43-37(11-13-50(68)77-19-16-62-35(9)55-26-48(62)65(73)74)28(2)39(57-43)21-44-52(32(6)76-18-15-61-34(8)54-25-47(61)64(71)72)30(4)41(59-44)22-45-51(29(3)40(58-45)20-38(27)56-42)31(5)75-17-14-60-33(7)53-24-46(60)63(69)70/h20-26,31-32,58-59H,10-19H2,1-9H3,(H,66,67). The van der Waals surface area contributed by atoms with Crippen molar-refractivity contribution in [3.05, 3.63) is 136 Å². The summed E-state index contributed by atoms with van der Waals surface area (Å²) < 4.78 is 22.9. The Hall–Kier alpha value is -8.71. The number of aromatic amines is 2. The normalized spacial score (nSPS) is 13.4. The molecule has 2 aliphatic heterocycles. The first-order chi connectivity index (χ1) is 36.6. The summed E-state index contributed by atoms with van der Waals surface area (Å²) >= 11 is 0. The largest absolute Gasteiger partial charge is 0.481 e. The minimum atomic E-state index is -0.985. The van der Waals surface area contributed by atoms with Crippen molar-refractivity contribution < 1.29 is 43.7 Å². The van der Waals surface area contributed by atoms with Crippen LogP contribution in [0.15, 0.2) is 42.9 Å². The van der Waals surface area contributed by atoms with Crippen molar-refractivity contribution in [3.63, 3.8) is 0 Å². The molecule has 0 spiro atoms. The Kier molecular flexibility index (Phi) is 16.0. The molecule has 0 fully saturated rings. The Morgan fingerprint density at radius 1 is 0.571 bits per heavy atom. The van der Waals surface area contributed by atoms with Crippen molar-refractivity contribution in [3.8, 4) is 0 Å². The number of nitrogens with zero attached hydrogens (tertiary/aromatic N) is 11. The first-order valence-corrected chi connectivity index (χ1v) is 24.9. The maximum Gasteiger partial charge on any atom is 0.342 e. The molecule has 0 saturated heterocycles. The van der Waals surface area contributed by atoms with Gasteiger partial charge < -0.3 is 59.6 Å². The number of carboxylic acids is 1. The molecule has 0 aromatic carbocycles. The van der Waals surface area contributed by atoms with Crippen molar-refractivity contribution in [1.29, 1.82) is 0 Å². The first kappa shape index (κ1) is 54.5. The van der Waals surface area contributed by atoms with Crippen LogP contribution >= 0.6 is 0 Å². The molecule has 2 atom stereocenters. The predicted molar refractivity (Wildman–Crippen MR) is 282 cm³/mol. The third-order valence-corrected chi connectivity index (χ3v) is 14.2. The number of ether oxygens (including phenoxy) is 3. The van der Waals surface area contributed by atoms with E-state index in [-0.39, 0.29) is 82.6 Å². The van der Waals surface area contributed by atoms with Crippen LogP contribution in [0.1, 0.15) is 128 Å². The zero-order valence-corrected chi connectivity index (χ0v) is 44.1. The zero-order valence-electron chi connectivity index (χ0n) is 44.1. The first-order valence-electron chi connectivity index (χ1n) is 24.9. The van der Waals surface area contributed by atoms with Gasteiger partial charge in [0.1, 0.15) is 44.8 Å². The second kappa shape index (κ2) is 22.6. The minimum absolute atomic E-state index is 0.0323. The molecular weight excluding hydrogens is 999 g/mol. The molecular formula is C52H59N13O12. The highest BCUT2D eigenvalue weighted by Gasteiger charge is 2.27. The third-order valence-electron chi connectivity index (χ3n) is 14.2. The number of carbonyl (C=O) groups excluding carboxylic acids is 1. The topological polar surface area (TPSA) is 322 Å². The molecule has 404 valence electrons. The van der Waals surface area contributed by atoms with E-state index < -0.39 is 38.9 Å². The molecule has 0 radical (unpaired) electrons. The summed E-state index contributed by atoms with van der Waals surface area (Å²) in [7, 11) is 0. The van der Waals surface area contributed by atoms with Gasteiger partial charge in [-0.15, -0.1) is 0 Å². The van der Waals surface area contributed by atoms with Crippen molar-refractivity contribution in [2.45, 2.75) is 120 Å². The van der Waals surface area contributed by atoms with Crippen molar-refractivity contribution in [2.24, 2.45) is 0 Å². The number of allylic oxidation sites excluding steroid dienone is 4. The molecule has 0 saturated carbocycles. The van der Waals surface area contributed by atoms with Gasteiger partial charge in [0.15, 0.2) is 17.5 Å². The second-order valence-corrected chi connectivity index (χ2v) is 18.9. The molecule has 77 heavy (non-hydrogen) atoms. The number of aliphatic carboxylic acids is 1. The summed E-state index contributed by atoms with van der Waals surface area (Å²) in [4.78, 5) is 88.8. The molecule has 2 unspecified atom stereocenters. The van der Waals surface area contributed by atoms with Gasteiger partial charge in [0, 0.05) is 66.8 Å². The van der Waals surface area contributed by atoms with Crippen molar-refractivity contribution >= 4 is 73.8 Å². The van der Waals surface area contributed by atoms with Crippen LogP contribution < -0.4 is 0 Å². The number of aromatic nitrogens is 10. The van der Waals surface area contributed by atoms with Crippen LogP contribution in [0.5, 0.6) is 0 Å². The number of esters is 1. The highest BCUT2D eigenvalue weighted by atomic mass is 16.6. The van der Waals surface area contributed by atoms with Crippen LogP contribution in [0.25, 0.3) is 44.4 Å². The van der Waals surface area contributed by atoms with Gasteiger partial charge >= 0.3 is 29.4 Å². The molecule has 25 heteroatoms. The lowest BCUT2D eigenvalue weighted by Crippen LogP contribution is -2.13. The smallest absolute Gasteiger partial charge is 0.342 e. The number of carboxylic acid groups (broad SMARTS) is 1. The lowest BCUT2D eigenvalue weighted by Gasteiger charge is -2.14. The van der Waals surface area contributed by atoms with Crippen molar-refractivity contribution in [1.82, 2.24) is 48.6 Å². The maximum atomic E-state index is 13.4. The number of nitrogens with one attached hydrogen (secondary N) is 2. The van der Waals surface area contributed by atoms with Crippen LogP contribution in [0.2, 0.25) is 0 Å². The molecule has 25 nitrogen and oxygen atoms in total. The van der Waals surface area contributed by atoms with Gasteiger partial charge in [-0.1, -0.05) is 0 Å². The highest BCUT2D eigenvalue weighted by molar-refractivity contribution is 5.96. The summed E-state index contributed by atoms with van der Waals surface area (Å²) in [6, 6.07) is 7.59. The molecule has 2 aliphatic rings. The van der Waals surface area contributed by atoms with Crippen LogP contribution in [-0.2, 0) is 43.4 Å². The van der Waals surface area contributed by atoms with E-state index in [2.05, 4.69) is 24.9 Å². The van der Waals surface area contributed by atoms with E-state index >= 15 is 0 Å². The Morgan fingerprint density at radius 2 is 0.961 bits per heavy atom. The van der Waals surface area contributed by atoms with Gasteiger partial charge in [0.2, 0.25) is 0 Å². The van der Waals surface area contributed by atoms with E-state index in [1.807, 2.05) is 65.8 Å². The van der Waals surface area contributed by atoms with E-state index in [0.29, 0.717) is 73.5 Å². The maximum absolute atomic E-state index is 13.4. The van der Waals surface area contributed by atoms with Crippen LogP contribution in [-0.4, -0.2) is 100 Å². The molecule has 8 heterocycles. The fourth-order valence-corrected chi connectivity index (χ4v) is 10.0. The number of hydrogen-bond donors (Lipinski definition) is 3. The molecule has 8 rings (SSSR count). The van der Waals surface area contributed by atoms with Gasteiger partial charge in [0.05, 0.1) is 48.2 Å². The van der Waals surface area contributed by atoms with E-state index in [1.54, 1.807) is 20.8 Å². The number of hydrogen-bond acceptors (Lipinski definition) is 16. The van der Waals surface area contributed by atoms with E-state index in [0.717, 1.165) is 39.6 Å². The average molecular weight is 1060 g/mol.